The fraction of sp³-hybridized carbons (Fsp3) is 0.286. The monoisotopic (exact) mass is 458 g/mol. The van der Waals surface area contributed by atoms with Crippen molar-refractivity contribution < 1.29 is 14.4 Å². The van der Waals surface area contributed by atoms with Crippen molar-refractivity contribution in [2.45, 2.75) is 26.3 Å². The fourth-order valence-corrected chi connectivity index (χ4v) is 3.19. The lowest BCUT2D eigenvalue weighted by atomic mass is 10.2. The Morgan fingerprint density at radius 3 is 2.55 bits per heavy atom. The van der Waals surface area contributed by atoms with Crippen LogP contribution in [-0.4, -0.2) is 24.4 Å². The van der Waals surface area contributed by atoms with Crippen molar-refractivity contribution in [1.82, 2.24) is 10.6 Å². The standard InChI is InChI=1S/C21H23BrN4O3/c1-13-9-16(22)7-8-18(13)26-19(27)12-24-21(29)23-11-14-3-2-4-17(10-14)25-20(28)15-5-6-15/h2-4,7-10,15H,5-6,11-12H2,1H3,(H,25,28)(H,26,27)(H2,23,24,29). The molecule has 0 aliphatic heterocycles. The van der Waals surface area contributed by atoms with E-state index in [0.717, 1.165) is 28.4 Å². The molecule has 2 aromatic carbocycles. The Morgan fingerprint density at radius 2 is 1.83 bits per heavy atom. The Bertz CT molecular complexity index is 928. The van der Waals surface area contributed by atoms with Gasteiger partial charge in [-0.05, 0) is 61.2 Å². The summed E-state index contributed by atoms with van der Waals surface area (Å²) in [5, 5.41) is 10.9. The second-order valence-corrected chi connectivity index (χ2v) is 7.92. The molecule has 0 unspecified atom stereocenters. The van der Waals surface area contributed by atoms with Gasteiger partial charge in [-0.15, -0.1) is 0 Å². The van der Waals surface area contributed by atoms with Crippen molar-refractivity contribution in [3.05, 3.63) is 58.1 Å². The summed E-state index contributed by atoms with van der Waals surface area (Å²) in [6, 6.07) is 12.4. The van der Waals surface area contributed by atoms with Gasteiger partial charge in [-0.2, -0.15) is 0 Å². The molecule has 2 aromatic rings. The molecule has 0 spiro atoms. The minimum absolute atomic E-state index is 0.0416. The smallest absolute Gasteiger partial charge is 0.315 e. The average molecular weight is 459 g/mol. The fourth-order valence-electron chi connectivity index (χ4n) is 2.72. The summed E-state index contributed by atoms with van der Waals surface area (Å²) in [5.74, 6) is -0.134. The van der Waals surface area contributed by atoms with E-state index in [4.69, 9.17) is 0 Å². The molecule has 1 saturated carbocycles. The van der Waals surface area contributed by atoms with Crippen molar-refractivity contribution >= 4 is 45.2 Å². The molecule has 3 rings (SSSR count). The van der Waals surface area contributed by atoms with E-state index < -0.39 is 6.03 Å². The molecule has 0 radical (unpaired) electrons. The molecule has 7 nitrogen and oxygen atoms in total. The minimum Gasteiger partial charge on any atom is -0.334 e. The van der Waals surface area contributed by atoms with Gasteiger partial charge in [0.2, 0.25) is 11.8 Å². The Labute approximate surface area is 177 Å². The van der Waals surface area contributed by atoms with E-state index in [1.54, 1.807) is 6.07 Å². The summed E-state index contributed by atoms with van der Waals surface area (Å²) >= 11 is 3.38. The Hall–Kier alpha value is -2.87. The van der Waals surface area contributed by atoms with Crippen LogP contribution in [0.2, 0.25) is 0 Å². The molecule has 4 amide bonds. The van der Waals surface area contributed by atoms with E-state index >= 15 is 0 Å². The van der Waals surface area contributed by atoms with Gasteiger partial charge >= 0.3 is 6.03 Å². The molecule has 0 bridgehead atoms. The van der Waals surface area contributed by atoms with Crippen LogP contribution in [0.3, 0.4) is 0 Å². The predicted octanol–water partition coefficient (Wildman–Crippen LogP) is 3.54. The van der Waals surface area contributed by atoms with Crippen LogP contribution in [0.5, 0.6) is 0 Å². The van der Waals surface area contributed by atoms with E-state index in [2.05, 4.69) is 37.2 Å². The number of hydrogen-bond acceptors (Lipinski definition) is 3. The number of anilines is 2. The van der Waals surface area contributed by atoms with Crippen LogP contribution in [0.15, 0.2) is 46.9 Å². The number of urea groups is 1. The van der Waals surface area contributed by atoms with E-state index in [1.165, 1.54) is 0 Å². The first-order valence-corrected chi connectivity index (χ1v) is 10.2. The van der Waals surface area contributed by atoms with Crippen LogP contribution >= 0.6 is 15.9 Å². The maximum atomic E-state index is 12.0. The number of carbonyl (C=O) groups is 3. The summed E-state index contributed by atoms with van der Waals surface area (Å²) in [6.45, 7) is 2.03. The second-order valence-electron chi connectivity index (χ2n) is 7.01. The number of hydrogen-bond donors (Lipinski definition) is 4. The van der Waals surface area contributed by atoms with Crippen molar-refractivity contribution in [2.75, 3.05) is 17.2 Å². The Kier molecular flexibility index (Phi) is 6.87. The highest BCUT2D eigenvalue weighted by molar-refractivity contribution is 9.10. The van der Waals surface area contributed by atoms with E-state index in [1.807, 2.05) is 43.3 Å². The van der Waals surface area contributed by atoms with Gasteiger partial charge in [-0.1, -0.05) is 28.1 Å². The highest BCUT2D eigenvalue weighted by Crippen LogP contribution is 2.30. The molecule has 0 aromatic heterocycles. The summed E-state index contributed by atoms with van der Waals surface area (Å²) in [5.41, 5.74) is 3.19. The summed E-state index contributed by atoms with van der Waals surface area (Å²) in [7, 11) is 0. The van der Waals surface area contributed by atoms with Crippen molar-refractivity contribution in [2.24, 2.45) is 5.92 Å². The first-order valence-electron chi connectivity index (χ1n) is 9.38. The number of amides is 4. The topological polar surface area (TPSA) is 99.3 Å². The van der Waals surface area contributed by atoms with Gasteiger partial charge in [-0.25, -0.2) is 4.79 Å². The maximum Gasteiger partial charge on any atom is 0.315 e. The molecule has 0 saturated heterocycles. The zero-order chi connectivity index (χ0) is 20.8. The van der Waals surface area contributed by atoms with Crippen LogP contribution in [0.25, 0.3) is 0 Å². The Morgan fingerprint density at radius 1 is 1.03 bits per heavy atom. The SMILES string of the molecule is Cc1cc(Br)ccc1NC(=O)CNC(=O)NCc1cccc(NC(=O)C2CC2)c1. The maximum absolute atomic E-state index is 12.0. The van der Waals surface area contributed by atoms with Gasteiger partial charge in [0.05, 0.1) is 6.54 Å². The van der Waals surface area contributed by atoms with Gasteiger partial charge in [0.15, 0.2) is 0 Å². The number of nitrogens with one attached hydrogen (secondary N) is 4. The molecule has 4 N–H and O–H groups in total. The van der Waals surface area contributed by atoms with E-state index in [0.29, 0.717) is 11.4 Å². The largest absolute Gasteiger partial charge is 0.334 e. The molecule has 1 aliphatic rings. The van der Waals surface area contributed by atoms with Crippen LogP contribution < -0.4 is 21.3 Å². The third kappa shape index (κ3) is 6.60. The number of aryl methyl sites for hydroxylation is 1. The molecular weight excluding hydrogens is 436 g/mol. The highest BCUT2D eigenvalue weighted by Gasteiger charge is 2.29. The van der Waals surface area contributed by atoms with Crippen LogP contribution in [0.4, 0.5) is 16.2 Å². The highest BCUT2D eigenvalue weighted by atomic mass is 79.9. The van der Waals surface area contributed by atoms with E-state index in [9.17, 15) is 14.4 Å². The summed E-state index contributed by atoms with van der Waals surface area (Å²) in [4.78, 5) is 35.8. The molecule has 29 heavy (non-hydrogen) atoms. The lowest BCUT2D eigenvalue weighted by molar-refractivity contribution is -0.117. The van der Waals surface area contributed by atoms with Crippen molar-refractivity contribution in [1.29, 1.82) is 0 Å². The number of benzene rings is 2. The normalized spacial score (nSPS) is 12.8. The number of halogens is 1. The van der Waals surface area contributed by atoms with Crippen LogP contribution in [0, 0.1) is 12.8 Å². The number of carbonyl (C=O) groups excluding carboxylic acids is 3. The summed E-state index contributed by atoms with van der Waals surface area (Å²) in [6.07, 6.45) is 1.89. The van der Waals surface area contributed by atoms with Gasteiger partial charge in [-0.3, -0.25) is 9.59 Å². The predicted molar refractivity (Wildman–Crippen MR) is 116 cm³/mol. The van der Waals surface area contributed by atoms with Gasteiger partial charge in [0, 0.05) is 28.3 Å². The molecule has 8 heteroatoms. The second kappa shape index (κ2) is 9.56. The molecule has 1 aliphatic carbocycles. The zero-order valence-corrected chi connectivity index (χ0v) is 17.6. The van der Waals surface area contributed by atoms with E-state index in [-0.39, 0.29) is 30.8 Å². The lowest BCUT2D eigenvalue weighted by Crippen LogP contribution is -2.39. The minimum atomic E-state index is -0.444. The lowest BCUT2D eigenvalue weighted by Gasteiger charge is -2.11. The van der Waals surface area contributed by atoms with Crippen LogP contribution in [-0.2, 0) is 16.1 Å². The average Bonchev–Trinajstić information content (AvgIpc) is 3.53. The van der Waals surface area contributed by atoms with Crippen molar-refractivity contribution in [3.8, 4) is 0 Å². The van der Waals surface area contributed by atoms with Gasteiger partial charge in [0.25, 0.3) is 0 Å². The molecule has 1 fully saturated rings. The van der Waals surface area contributed by atoms with Crippen molar-refractivity contribution in [3.63, 3.8) is 0 Å². The van der Waals surface area contributed by atoms with Gasteiger partial charge in [0.1, 0.15) is 0 Å². The Balaban J connectivity index is 1.41. The third-order valence-corrected chi connectivity index (χ3v) is 4.96. The molecular formula is C21H23BrN4O3. The van der Waals surface area contributed by atoms with Crippen LogP contribution in [0.1, 0.15) is 24.0 Å². The molecule has 152 valence electrons. The quantitative estimate of drug-likeness (QED) is 0.510. The molecule has 0 heterocycles. The number of rotatable bonds is 7. The van der Waals surface area contributed by atoms with Gasteiger partial charge < -0.3 is 21.3 Å². The third-order valence-electron chi connectivity index (χ3n) is 4.47. The zero-order valence-electron chi connectivity index (χ0n) is 16.0. The summed E-state index contributed by atoms with van der Waals surface area (Å²) < 4.78 is 0.932. The first kappa shape index (κ1) is 20.9. The first-order chi connectivity index (χ1) is 13.9. The molecule has 0 atom stereocenters.